The van der Waals surface area contributed by atoms with Crippen LogP contribution in [0.2, 0.25) is 0 Å². The fraction of sp³-hybridized carbons (Fsp3) is 0.800. The van der Waals surface area contributed by atoms with Gasteiger partial charge < -0.3 is 10.6 Å². The molecule has 0 bridgehead atoms. The first-order valence-corrected chi connectivity index (χ1v) is 8.00. The van der Waals surface area contributed by atoms with Crippen molar-refractivity contribution >= 4 is 5.96 Å². The van der Waals surface area contributed by atoms with Crippen molar-refractivity contribution in [3.63, 3.8) is 0 Å². The van der Waals surface area contributed by atoms with Crippen LogP contribution in [0.25, 0.3) is 0 Å². The van der Waals surface area contributed by atoms with Crippen LogP contribution in [0.1, 0.15) is 44.9 Å². The van der Waals surface area contributed by atoms with Gasteiger partial charge in [-0.3, -0.25) is 9.67 Å². The summed E-state index contributed by atoms with van der Waals surface area (Å²) in [4.78, 5) is 8.47. The van der Waals surface area contributed by atoms with Gasteiger partial charge in [0.1, 0.15) is 12.2 Å². The van der Waals surface area contributed by atoms with Gasteiger partial charge in [-0.2, -0.15) is 5.10 Å². The van der Waals surface area contributed by atoms with Crippen molar-refractivity contribution in [3.05, 3.63) is 12.2 Å². The molecule has 0 amide bonds. The van der Waals surface area contributed by atoms with Crippen LogP contribution < -0.4 is 10.6 Å². The van der Waals surface area contributed by atoms with Crippen LogP contribution in [0.3, 0.4) is 0 Å². The van der Waals surface area contributed by atoms with Crippen LogP contribution in [0.4, 0.5) is 0 Å². The number of nitrogens with zero attached hydrogens (tertiary/aromatic N) is 4. The van der Waals surface area contributed by atoms with Gasteiger partial charge in [-0.25, -0.2) is 4.98 Å². The summed E-state index contributed by atoms with van der Waals surface area (Å²) in [6.45, 7) is 3.95. The number of hydrogen-bond acceptors (Lipinski definition) is 3. The number of aliphatic imine (C=N–C) groups is 1. The molecule has 6 nitrogen and oxygen atoms in total. The van der Waals surface area contributed by atoms with Gasteiger partial charge in [-0.15, -0.1) is 0 Å². The maximum absolute atomic E-state index is 4.27. The van der Waals surface area contributed by atoms with Crippen LogP contribution in [-0.4, -0.2) is 34.3 Å². The number of aromatic nitrogens is 3. The standard InChI is InChI=1S/C15H28N6/c1-4-12-5-7-13(8-6-12)9-17-15(16-2)18-10-14-19-11-20-21(14)3/h11-13H,4-10H2,1-3H3,(H2,16,17,18). The summed E-state index contributed by atoms with van der Waals surface area (Å²) < 4.78 is 1.77. The van der Waals surface area contributed by atoms with Gasteiger partial charge in [-0.05, 0) is 24.7 Å². The minimum Gasteiger partial charge on any atom is -0.356 e. The lowest BCUT2D eigenvalue weighted by atomic mass is 9.81. The molecule has 2 N–H and O–H groups in total. The molecule has 6 heteroatoms. The maximum Gasteiger partial charge on any atom is 0.191 e. The topological polar surface area (TPSA) is 67.1 Å². The smallest absolute Gasteiger partial charge is 0.191 e. The Labute approximate surface area is 127 Å². The average molecular weight is 292 g/mol. The Morgan fingerprint density at radius 2 is 2.00 bits per heavy atom. The highest BCUT2D eigenvalue weighted by Crippen LogP contribution is 2.29. The van der Waals surface area contributed by atoms with E-state index < -0.39 is 0 Å². The minimum absolute atomic E-state index is 0.638. The van der Waals surface area contributed by atoms with E-state index in [1.165, 1.54) is 32.1 Å². The van der Waals surface area contributed by atoms with Crippen LogP contribution in [-0.2, 0) is 13.6 Å². The van der Waals surface area contributed by atoms with Gasteiger partial charge in [0, 0.05) is 20.6 Å². The summed E-state index contributed by atoms with van der Waals surface area (Å²) in [7, 11) is 3.70. The van der Waals surface area contributed by atoms with E-state index in [2.05, 4.69) is 32.6 Å². The van der Waals surface area contributed by atoms with E-state index >= 15 is 0 Å². The fourth-order valence-electron chi connectivity index (χ4n) is 2.95. The highest BCUT2D eigenvalue weighted by Gasteiger charge is 2.19. The van der Waals surface area contributed by atoms with Crippen molar-refractivity contribution in [2.45, 2.75) is 45.6 Å². The minimum atomic E-state index is 0.638. The van der Waals surface area contributed by atoms with Crippen molar-refractivity contribution in [3.8, 4) is 0 Å². The van der Waals surface area contributed by atoms with Crippen LogP contribution in [0, 0.1) is 11.8 Å². The Bertz CT molecular complexity index is 445. The van der Waals surface area contributed by atoms with Gasteiger partial charge in [0.05, 0.1) is 6.54 Å². The molecule has 1 fully saturated rings. The summed E-state index contributed by atoms with van der Waals surface area (Å²) in [5.41, 5.74) is 0. The molecule has 1 aliphatic rings. The van der Waals surface area contributed by atoms with Gasteiger partial charge in [0.15, 0.2) is 5.96 Å². The Kier molecular flexibility index (Phi) is 6.02. The molecular formula is C15H28N6. The predicted molar refractivity (Wildman–Crippen MR) is 84.9 cm³/mol. The number of nitrogens with one attached hydrogen (secondary N) is 2. The highest BCUT2D eigenvalue weighted by atomic mass is 15.3. The Balaban J connectivity index is 1.70. The molecule has 0 aromatic carbocycles. The molecule has 1 aromatic heterocycles. The lowest BCUT2D eigenvalue weighted by Crippen LogP contribution is -2.40. The zero-order valence-electron chi connectivity index (χ0n) is 13.5. The average Bonchev–Trinajstić information content (AvgIpc) is 2.93. The number of aryl methyl sites for hydroxylation is 1. The van der Waals surface area contributed by atoms with Crippen molar-refractivity contribution in [2.75, 3.05) is 13.6 Å². The molecule has 1 aromatic rings. The van der Waals surface area contributed by atoms with Gasteiger partial charge >= 0.3 is 0 Å². The molecule has 0 saturated heterocycles. The predicted octanol–water partition coefficient (Wildman–Crippen LogP) is 1.70. The normalized spacial score (nSPS) is 23.1. The molecule has 0 unspecified atom stereocenters. The van der Waals surface area contributed by atoms with E-state index in [0.717, 1.165) is 30.2 Å². The molecule has 1 heterocycles. The van der Waals surface area contributed by atoms with E-state index in [-0.39, 0.29) is 0 Å². The second-order valence-electron chi connectivity index (χ2n) is 5.90. The first-order chi connectivity index (χ1) is 10.2. The SMILES string of the molecule is CCC1CCC(CNC(=NC)NCc2ncnn2C)CC1. The molecule has 1 saturated carbocycles. The van der Waals surface area contributed by atoms with Gasteiger partial charge in [0.25, 0.3) is 0 Å². The number of rotatable bonds is 5. The second-order valence-corrected chi connectivity index (χ2v) is 5.90. The lowest BCUT2D eigenvalue weighted by molar-refractivity contribution is 0.269. The molecule has 2 rings (SSSR count). The molecule has 0 radical (unpaired) electrons. The lowest BCUT2D eigenvalue weighted by Gasteiger charge is -2.28. The molecule has 0 atom stereocenters. The van der Waals surface area contributed by atoms with E-state index in [0.29, 0.717) is 6.54 Å². The van der Waals surface area contributed by atoms with Crippen LogP contribution >= 0.6 is 0 Å². The molecule has 0 aliphatic heterocycles. The van der Waals surface area contributed by atoms with Gasteiger partial charge in [-0.1, -0.05) is 26.2 Å². The number of guanidine groups is 1. The highest BCUT2D eigenvalue weighted by molar-refractivity contribution is 5.79. The quantitative estimate of drug-likeness (QED) is 0.640. The van der Waals surface area contributed by atoms with Crippen molar-refractivity contribution in [2.24, 2.45) is 23.9 Å². The zero-order chi connectivity index (χ0) is 15.1. The largest absolute Gasteiger partial charge is 0.356 e. The molecular weight excluding hydrogens is 264 g/mol. The molecule has 1 aliphatic carbocycles. The Morgan fingerprint density at radius 1 is 1.29 bits per heavy atom. The monoisotopic (exact) mass is 292 g/mol. The van der Waals surface area contributed by atoms with Crippen molar-refractivity contribution in [1.29, 1.82) is 0 Å². The van der Waals surface area contributed by atoms with E-state index in [9.17, 15) is 0 Å². The first-order valence-electron chi connectivity index (χ1n) is 8.00. The summed E-state index contributed by atoms with van der Waals surface area (Å²) >= 11 is 0. The van der Waals surface area contributed by atoms with E-state index in [1.807, 2.05) is 7.05 Å². The Morgan fingerprint density at radius 3 is 2.57 bits per heavy atom. The van der Waals surface area contributed by atoms with Crippen molar-refractivity contribution < 1.29 is 0 Å². The van der Waals surface area contributed by atoms with Crippen LogP contribution in [0.5, 0.6) is 0 Å². The maximum atomic E-state index is 4.27. The third kappa shape index (κ3) is 4.72. The van der Waals surface area contributed by atoms with Gasteiger partial charge in [0.2, 0.25) is 0 Å². The van der Waals surface area contributed by atoms with Crippen molar-refractivity contribution in [1.82, 2.24) is 25.4 Å². The van der Waals surface area contributed by atoms with Crippen LogP contribution in [0.15, 0.2) is 11.3 Å². The second kappa shape index (κ2) is 8.00. The molecule has 118 valence electrons. The third-order valence-corrected chi connectivity index (χ3v) is 4.54. The number of hydrogen-bond donors (Lipinski definition) is 2. The Hall–Kier alpha value is -1.59. The summed E-state index contributed by atoms with van der Waals surface area (Å²) in [5, 5.41) is 10.8. The summed E-state index contributed by atoms with van der Waals surface area (Å²) in [6, 6.07) is 0. The zero-order valence-corrected chi connectivity index (χ0v) is 13.5. The molecule has 0 spiro atoms. The van der Waals surface area contributed by atoms with E-state index in [1.54, 1.807) is 18.1 Å². The molecule has 21 heavy (non-hydrogen) atoms. The first kappa shape index (κ1) is 15.8. The summed E-state index contributed by atoms with van der Waals surface area (Å²) in [5.74, 6) is 3.48. The fourth-order valence-corrected chi connectivity index (χ4v) is 2.95. The van der Waals surface area contributed by atoms with E-state index in [4.69, 9.17) is 0 Å². The third-order valence-electron chi connectivity index (χ3n) is 4.54. The summed E-state index contributed by atoms with van der Waals surface area (Å²) in [6.07, 6.45) is 8.35.